The van der Waals surface area contributed by atoms with Gasteiger partial charge in [-0.3, -0.25) is 9.78 Å². The molecule has 2 aromatic heterocycles. The largest absolute Gasteiger partial charge is 0.481 e. The number of pyridine rings is 1. The number of anilines is 1. The molecule has 0 aliphatic carbocycles. The fraction of sp³-hybridized carbons (Fsp3) is 0.286. The zero-order chi connectivity index (χ0) is 14.5. The molecular formula is C14H16N4O2. The van der Waals surface area contributed by atoms with Gasteiger partial charge in [0.15, 0.2) is 5.82 Å². The standard InChI is InChI=1S/C14H16N4O2/c1-10-9-12(18(2)8-6-13(19)20)17-14(16-10)11-5-3-4-7-15-11/h3-5,7,9H,6,8H2,1-2H3,(H,19,20). The zero-order valence-corrected chi connectivity index (χ0v) is 11.4. The van der Waals surface area contributed by atoms with Crippen LogP contribution in [0.3, 0.4) is 0 Å². The van der Waals surface area contributed by atoms with Gasteiger partial charge >= 0.3 is 5.97 Å². The van der Waals surface area contributed by atoms with Gasteiger partial charge in [0.2, 0.25) is 0 Å². The van der Waals surface area contributed by atoms with E-state index in [1.807, 2.05) is 38.2 Å². The average Bonchev–Trinajstić information content (AvgIpc) is 2.45. The second kappa shape index (κ2) is 6.10. The predicted molar refractivity (Wildman–Crippen MR) is 75.5 cm³/mol. The molecule has 0 aliphatic heterocycles. The van der Waals surface area contributed by atoms with Gasteiger partial charge in [-0.15, -0.1) is 0 Å². The fourth-order valence-electron chi connectivity index (χ4n) is 1.73. The van der Waals surface area contributed by atoms with Gasteiger partial charge in [0.1, 0.15) is 11.5 Å². The van der Waals surface area contributed by atoms with E-state index in [9.17, 15) is 4.79 Å². The number of hydrogen-bond donors (Lipinski definition) is 1. The van der Waals surface area contributed by atoms with Gasteiger partial charge in [0, 0.05) is 31.5 Å². The van der Waals surface area contributed by atoms with Crippen LogP contribution in [-0.4, -0.2) is 39.6 Å². The van der Waals surface area contributed by atoms with E-state index < -0.39 is 5.97 Å². The number of rotatable bonds is 5. The molecular weight excluding hydrogens is 256 g/mol. The lowest BCUT2D eigenvalue weighted by Crippen LogP contribution is -2.22. The highest BCUT2D eigenvalue weighted by Gasteiger charge is 2.10. The van der Waals surface area contributed by atoms with Gasteiger partial charge in [0.25, 0.3) is 0 Å². The third kappa shape index (κ3) is 3.50. The van der Waals surface area contributed by atoms with Gasteiger partial charge in [0.05, 0.1) is 6.42 Å². The summed E-state index contributed by atoms with van der Waals surface area (Å²) in [7, 11) is 1.81. The smallest absolute Gasteiger partial charge is 0.305 e. The van der Waals surface area contributed by atoms with Crippen LogP contribution in [0.5, 0.6) is 0 Å². The number of hydrogen-bond acceptors (Lipinski definition) is 5. The number of aliphatic carboxylic acids is 1. The van der Waals surface area contributed by atoms with Gasteiger partial charge in [-0.05, 0) is 19.1 Å². The molecule has 6 heteroatoms. The molecule has 2 aromatic rings. The molecule has 0 unspecified atom stereocenters. The van der Waals surface area contributed by atoms with Crippen molar-refractivity contribution in [3.8, 4) is 11.5 Å². The Kier molecular flexibility index (Phi) is 4.24. The highest BCUT2D eigenvalue weighted by atomic mass is 16.4. The number of aryl methyl sites for hydroxylation is 1. The first kappa shape index (κ1) is 13.9. The maximum Gasteiger partial charge on any atom is 0.305 e. The normalized spacial score (nSPS) is 10.3. The van der Waals surface area contributed by atoms with Crippen molar-refractivity contribution in [2.75, 3.05) is 18.5 Å². The Morgan fingerprint density at radius 1 is 1.35 bits per heavy atom. The van der Waals surface area contributed by atoms with Crippen molar-refractivity contribution in [2.24, 2.45) is 0 Å². The van der Waals surface area contributed by atoms with E-state index in [0.29, 0.717) is 23.9 Å². The highest BCUT2D eigenvalue weighted by Crippen LogP contribution is 2.17. The molecule has 0 bridgehead atoms. The van der Waals surface area contributed by atoms with Crippen LogP contribution < -0.4 is 4.90 Å². The van der Waals surface area contributed by atoms with Crippen LogP contribution >= 0.6 is 0 Å². The van der Waals surface area contributed by atoms with Crippen LogP contribution in [-0.2, 0) is 4.79 Å². The minimum atomic E-state index is -0.826. The van der Waals surface area contributed by atoms with E-state index in [1.165, 1.54) is 0 Å². The topological polar surface area (TPSA) is 79.2 Å². The summed E-state index contributed by atoms with van der Waals surface area (Å²) in [5.41, 5.74) is 1.52. The summed E-state index contributed by atoms with van der Waals surface area (Å²) in [6.45, 7) is 2.27. The first-order valence-corrected chi connectivity index (χ1v) is 6.26. The summed E-state index contributed by atoms with van der Waals surface area (Å²) in [5, 5.41) is 8.73. The molecule has 0 spiro atoms. The average molecular weight is 272 g/mol. The van der Waals surface area contributed by atoms with Crippen molar-refractivity contribution >= 4 is 11.8 Å². The Hall–Kier alpha value is -2.50. The Bertz CT molecular complexity index is 601. The van der Waals surface area contributed by atoms with Crippen molar-refractivity contribution in [3.05, 3.63) is 36.2 Å². The maximum atomic E-state index is 10.6. The van der Waals surface area contributed by atoms with E-state index in [0.717, 1.165) is 5.69 Å². The van der Waals surface area contributed by atoms with Crippen molar-refractivity contribution in [2.45, 2.75) is 13.3 Å². The molecule has 1 N–H and O–H groups in total. The van der Waals surface area contributed by atoms with Gasteiger partial charge < -0.3 is 10.0 Å². The van der Waals surface area contributed by atoms with Gasteiger partial charge in [-0.25, -0.2) is 9.97 Å². The van der Waals surface area contributed by atoms with Crippen LogP contribution in [0.15, 0.2) is 30.5 Å². The van der Waals surface area contributed by atoms with E-state index in [1.54, 1.807) is 11.1 Å². The third-order valence-electron chi connectivity index (χ3n) is 2.79. The Morgan fingerprint density at radius 2 is 2.15 bits per heavy atom. The molecule has 0 atom stereocenters. The molecule has 2 rings (SSSR count). The molecule has 0 aliphatic rings. The quantitative estimate of drug-likeness (QED) is 0.893. The lowest BCUT2D eigenvalue weighted by molar-refractivity contribution is -0.136. The molecule has 20 heavy (non-hydrogen) atoms. The molecule has 0 saturated carbocycles. The number of carbonyl (C=O) groups is 1. The molecule has 0 amide bonds. The third-order valence-corrected chi connectivity index (χ3v) is 2.79. The summed E-state index contributed by atoms with van der Waals surface area (Å²) >= 11 is 0. The highest BCUT2D eigenvalue weighted by molar-refractivity contribution is 5.67. The van der Waals surface area contributed by atoms with Crippen LogP contribution in [0.2, 0.25) is 0 Å². The van der Waals surface area contributed by atoms with Crippen LogP contribution in [0.1, 0.15) is 12.1 Å². The van der Waals surface area contributed by atoms with Crippen molar-refractivity contribution in [1.29, 1.82) is 0 Å². The second-order valence-corrected chi connectivity index (χ2v) is 4.47. The summed E-state index contributed by atoms with van der Waals surface area (Å²) in [4.78, 5) is 25.5. The van der Waals surface area contributed by atoms with Crippen molar-refractivity contribution in [1.82, 2.24) is 15.0 Å². The molecule has 6 nitrogen and oxygen atoms in total. The maximum absolute atomic E-state index is 10.6. The van der Waals surface area contributed by atoms with Crippen LogP contribution in [0.25, 0.3) is 11.5 Å². The Balaban J connectivity index is 2.27. The predicted octanol–water partition coefficient (Wildman–Crippen LogP) is 1.76. The number of aromatic nitrogens is 3. The van der Waals surface area contributed by atoms with Gasteiger partial charge in [-0.2, -0.15) is 0 Å². The van der Waals surface area contributed by atoms with E-state index in [2.05, 4.69) is 15.0 Å². The molecule has 0 radical (unpaired) electrons. The monoisotopic (exact) mass is 272 g/mol. The summed E-state index contributed by atoms with van der Waals surface area (Å²) in [5.74, 6) is 0.412. The minimum Gasteiger partial charge on any atom is -0.481 e. The zero-order valence-electron chi connectivity index (χ0n) is 11.4. The fourth-order valence-corrected chi connectivity index (χ4v) is 1.73. The molecule has 2 heterocycles. The minimum absolute atomic E-state index is 0.0679. The lowest BCUT2D eigenvalue weighted by Gasteiger charge is -2.18. The molecule has 0 fully saturated rings. The summed E-state index contributed by atoms with van der Waals surface area (Å²) < 4.78 is 0. The molecule has 0 saturated heterocycles. The number of nitrogens with zero attached hydrogens (tertiary/aromatic N) is 4. The SMILES string of the molecule is Cc1cc(N(C)CCC(=O)O)nc(-c2ccccn2)n1. The lowest BCUT2D eigenvalue weighted by atomic mass is 10.3. The van der Waals surface area contributed by atoms with Crippen molar-refractivity contribution in [3.63, 3.8) is 0 Å². The molecule has 104 valence electrons. The van der Waals surface area contributed by atoms with Crippen LogP contribution in [0.4, 0.5) is 5.82 Å². The van der Waals surface area contributed by atoms with Crippen molar-refractivity contribution < 1.29 is 9.90 Å². The first-order valence-electron chi connectivity index (χ1n) is 6.26. The summed E-state index contributed by atoms with van der Waals surface area (Å²) in [6.07, 6.45) is 1.76. The summed E-state index contributed by atoms with van der Waals surface area (Å²) in [6, 6.07) is 7.38. The van der Waals surface area contributed by atoms with Crippen LogP contribution in [0, 0.1) is 6.92 Å². The van der Waals surface area contributed by atoms with E-state index in [4.69, 9.17) is 5.11 Å². The number of carboxylic acid groups (broad SMARTS) is 1. The van der Waals surface area contributed by atoms with Gasteiger partial charge in [-0.1, -0.05) is 6.07 Å². The van der Waals surface area contributed by atoms with E-state index >= 15 is 0 Å². The first-order chi connectivity index (χ1) is 9.56. The number of carboxylic acids is 1. The Labute approximate surface area is 117 Å². The van der Waals surface area contributed by atoms with E-state index in [-0.39, 0.29) is 6.42 Å². The second-order valence-electron chi connectivity index (χ2n) is 4.47. The Morgan fingerprint density at radius 3 is 2.80 bits per heavy atom. The molecule has 0 aromatic carbocycles.